The van der Waals surface area contributed by atoms with Crippen molar-refractivity contribution in [2.75, 3.05) is 0 Å². The summed E-state index contributed by atoms with van der Waals surface area (Å²) in [6.45, 7) is 0. The largest absolute Gasteiger partial charge is 0.449 e. The second-order valence-corrected chi connectivity index (χ2v) is 6.40. The molecule has 0 fully saturated rings. The van der Waals surface area contributed by atoms with Crippen LogP contribution in [0.4, 0.5) is 0 Å². The Morgan fingerprint density at radius 3 is 2.65 bits per heavy atom. The maximum Gasteiger partial charge on any atom is 0.379 e. The van der Waals surface area contributed by atoms with Crippen molar-refractivity contribution in [3.05, 3.63) is 75.8 Å². The molecule has 0 saturated heterocycles. The van der Waals surface area contributed by atoms with Crippen LogP contribution < -0.4 is 10.4 Å². The van der Waals surface area contributed by atoms with E-state index in [1.165, 1.54) is 0 Å². The molecule has 2 aromatic heterocycles. The van der Waals surface area contributed by atoms with E-state index in [1.54, 1.807) is 24.3 Å². The number of ether oxygens (including phenoxy) is 1. The molecule has 2 heterocycles. The van der Waals surface area contributed by atoms with Gasteiger partial charge in [0.1, 0.15) is 16.9 Å². The van der Waals surface area contributed by atoms with Crippen molar-refractivity contribution in [3.8, 4) is 5.75 Å². The summed E-state index contributed by atoms with van der Waals surface area (Å²) < 4.78 is 16.3. The van der Waals surface area contributed by atoms with E-state index < -0.39 is 5.97 Å². The lowest BCUT2D eigenvalue weighted by Gasteiger charge is -2.06. The summed E-state index contributed by atoms with van der Waals surface area (Å²) >= 11 is 0. The molecule has 0 aliphatic heterocycles. The molecule has 4 aromatic rings. The topological polar surface area (TPSA) is 69.7 Å². The average molecular weight is 346 g/mol. The Morgan fingerprint density at radius 2 is 1.77 bits per heavy atom. The molecular weight excluding hydrogens is 332 g/mol. The standard InChI is InChI=1S/C21H14O5/c22-20-16-6-3-5-14(16)15-9-8-13(11-18(15)26-20)24-21(23)19-10-12-4-1-2-7-17(12)25-19/h1-2,4,7-11H,3,5-6H2. The Morgan fingerprint density at radius 1 is 0.923 bits per heavy atom. The third-order valence-corrected chi connectivity index (χ3v) is 4.78. The first-order valence-electron chi connectivity index (χ1n) is 8.48. The van der Waals surface area contributed by atoms with Gasteiger partial charge >= 0.3 is 11.6 Å². The number of hydrogen-bond donors (Lipinski definition) is 0. The van der Waals surface area contributed by atoms with Crippen LogP contribution >= 0.6 is 0 Å². The molecule has 0 atom stereocenters. The highest BCUT2D eigenvalue weighted by atomic mass is 16.5. The Hall–Kier alpha value is -3.34. The second-order valence-electron chi connectivity index (χ2n) is 6.40. The third kappa shape index (κ3) is 2.32. The van der Waals surface area contributed by atoms with Gasteiger partial charge in [0, 0.05) is 22.4 Å². The van der Waals surface area contributed by atoms with E-state index in [1.807, 2.05) is 24.3 Å². The molecule has 0 bridgehead atoms. The van der Waals surface area contributed by atoms with Crippen molar-refractivity contribution in [2.45, 2.75) is 19.3 Å². The monoisotopic (exact) mass is 346 g/mol. The normalized spacial score (nSPS) is 13.2. The molecule has 5 nitrogen and oxygen atoms in total. The van der Waals surface area contributed by atoms with E-state index in [0.717, 1.165) is 41.2 Å². The van der Waals surface area contributed by atoms with E-state index in [4.69, 9.17) is 13.6 Å². The highest BCUT2D eigenvalue weighted by Gasteiger charge is 2.20. The van der Waals surface area contributed by atoms with Crippen LogP contribution in [0.3, 0.4) is 0 Å². The number of aryl methyl sites for hydroxylation is 1. The fourth-order valence-corrected chi connectivity index (χ4v) is 3.57. The number of carbonyl (C=O) groups excluding carboxylic acids is 1. The molecule has 5 rings (SSSR count). The predicted molar refractivity (Wildman–Crippen MR) is 95.7 cm³/mol. The first kappa shape index (κ1) is 15.0. The lowest BCUT2D eigenvalue weighted by Crippen LogP contribution is -2.08. The van der Waals surface area contributed by atoms with Crippen molar-refractivity contribution in [2.24, 2.45) is 0 Å². The summed E-state index contributed by atoms with van der Waals surface area (Å²) in [5.41, 5.74) is 2.58. The predicted octanol–water partition coefficient (Wildman–Crippen LogP) is 4.25. The van der Waals surface area contributed by atoms with Crippen LogP contribution in [0.5, 0.6) is 5.75 Å². The Labute approximate surface area is 147 Å². The zero-order chi connectivity index (χ0) is 17.7. The quantitative estimate of drug-likeness (QED) is 0.308. The summed E-state index contributed by atoms with van der Waals surface area (Å²) in [6, 6.07) is 14.1. The van der Waals surface area contributed by atoms with Crippen molar-refractivity contribution in [1.29, 1.82) is 0 Å². The summed E-state index contributed by atoms with van der Waals surface area (Å²) in [5.74, 6) is -0.158. The number of carbonyl (C=O) groups is 1. The number of fused-ring (bicyclic) bond motifs is 4. The lowest BCUT2D eigenvalue weighted by atomic mass is 10.1. The molecule has 0 spiro atoms. The van der Waals surface area contributed by atoms with Gasteiger partial charge in [0.15, 0.2) is 0 Å². The van der Waals surface area contributed by atoms with Gasteiger partial charge in [0.2, 0.25) is 5.76 Å². The highest BCUT2D eigenvalue weighted by Crippen LogP contribution is 2.30. The average Bonchev–Trinajstić information content (AvgIpc) is 3.29. The van der Waals surface area contributed by atoms with Crippen LogP contribution in [0.1, 0.15) is 28.1 Å². The highest BCUT2D eigenvalue weighted by molar-refractivity contribution is 5.94. The second kappa shape index (κ2) is 5.59. The first-order chi connectivity index (χ1) is 12.7. The zero-order valence-corrected chi connectivity index (χ0v) is 13.8. The van der Waals surface area contributed by atoms with Gasteiger partial charge in [-0.15, -0.1) is 0 Å². The number of furan rings is 1. The molecule has 0 saturated carbocycles. The summed E-state index contributed by atoms with van der Waals surface area (Å²) in [7, 11) is 0. The van der Waals surface area contributed by atoms with Crippen LogP contribution in [0, 0.1) is 0 Å². The van der Waals surface area contributed by atoms with Gasteiger partial charge in [-0.05, 0) is 49.1 Å². The van der Waals surface area contributed by atoms with E-state index in [9.17, 15) is 9.59 Å². The molecule has 1 aliphatic carbocycles. The molecule has 26 heavy (non-hydrogen) atoms. The Bertz CT molecular complexity index is 1200. The van der Waals surface area contributed by atoms with Crippen LogP contribution in [0.15, 0.2) is 62.2 Å². The first-order valence-corrected chi connectivity index (χ1v) is 8.48. The molecule has 0 unspecified atom stereocenters. The minimum absolute atomic E-state index is 0.127. The number of benzene rings is 2. The molecule has 1 aliphatic rings. The molecule has 0 N–H and O–H groups in total. The van der Waals surface area contributed by atoms with E-state index in [-0.39, 0.29) is 11.4 Å². The van der Waals surface area contributed by atoms with Crippen LogP contribution in [0.25, 0.3) is 21.9 Å². The van der Waals surface area contributed by atoms with E-state index in [2.05, 4.69) is 0 Å². The molecular formula is C21H14O5. The SMILES string of the molecule is O=C(Oc1ccc2c3c(c(=O)oc2c1)CCC3)c1cc2ccccc2o1. The lowest BCUT2D eigenvalue weighted by molar-refractivity contribution is 0.0704. The van der Waals surface area contributed by atoms with Crippen LogP contribution in [-0.2, 0) is 12.8 Å². The summed E-state index contributed by atoms with van der Waals surface area (Å²) in [6.07, 6.45) is 2.59. The molecule has 0 amide bonds. The van der Waals surface area contributed by atoms with Gasteiger partial charge < -0.3 is 13.6 Å². The smallest absolute Gasteiger partial charge is 0.379 e. The molecule has 5 heteroatoms. The van der Waals surface area contributed by atoms with E-state index >= 15 is 0 Å². The zero-order valence-electron chi connectivity index (χ0n) is 13.8. The van der Waals surface area contributed by atoms with Gasteiger partial charge in [0.05, 0.1) is 0 Å². The van der Waals surface area contributed by atoms with Crippen LogP contribution in [0.2, 0.25) is 0 Å². The van der Waals surface area contributed by atoms with Crippen molar-refractivity contribution in [3.63, 3.8) is 0 Å². The van der Waals surface area contributed by atoms with Gasteiger partial charge in [0.25, 0.3) is 0 Å². The van der Waals surface area contributed by atoms with Crippen LogP contribution in [-0.4, -0.2) is 5.97 Å². The summed E-state index contributed by atoms with van der Waals surface area (Å²) in [4.78, 5) is 24.5. The number of para-hydroxylation sites is 1. The number of rotatable bonds is 2. The van der Waals surface area contributed by atoms with Gasteiger partial charge in [-0.25, -0.2) is 9.59 Å². The third-order valence-electron chi connectivity index (χ3n) is 4.78. The van der Waals surface area contributed by atoms with Crippen molar-refractivity contribution >= 4 is 27.9 Å². The minimum Gasteiger partial charge on any atom is -0.449 e. The Balaban J connectivity index is 1.50. The van der Waals surface area contributed by atoms with E-state index in [0.29, 0.717) is 16.9 Å². The van der Waals surface area contributed by atoms with Crippen molar-refractivity contribution < 1.29 is 18.4 Å². The summed E-state index contributed by atoms with van der Waals surface area (Å²) in [5, 5.41) is 1.74. The minimum atomic E-state index is -0.593. The maximum atomic E-state index is 12.4. The molecule has 0 radical (unpaired) electrons. The van der Waals surface area contributed by atoms with Gasteiger partial charge in [-0.2, -0.15) is 0 Å². The molecule has 128 valence electrons. The van der Waals surface area contributed by atoms with Crippen molar-refractivity contribution in [1.82, 2.24) is 0 Å². The molecule has 2 aromatic carbocycles. The fraction of sp³-hybridized carbons (Fsp3) is 0.143. The number of esters is 1. The maximum absolute atomic E-state index is 12.4. The number of hydrogen-bond acceptors (Lipinski definition) is 5. The van der Waals surface area contributed by atoms with Gasteiger partial charge in [-0.3, -0.25) is 0 Å². The Kier molecular flexibility index (Phi) is 3.22. The fourth-order valence-electron chi connectivity index (χ4n) is 3.57. The van der Waals surface area contributed by atoms with Gasteiger partial charge in [-0.1, -0.05) is 18.2 Å².